The second kappa shape index (κ2) is 7.59. The van der Waals surface area contributed by atoms with Crippen LogP contribution in [0.1, 0.15) is 24.4 Å². The van der Waals surface area contributed by atoms with Crippen molar-refractivity contribution in [2.45, 2.75) is 32.1 Å². The Morgan fingerprint density at radius 2 is 2.22 bits per heavy atom. The number of carbonyl (C=O) groups excluding carboxylic acids is 1. The van der Waals surface area contributed by atoms with E-state index in [9.17, 15) is 9.59 Å². The summed E-state index contributed by atoms with van der Waals surface area (Å²) in [6.45, 7) is -0.111. The van der Waals surface area contributed by atoms with E-state index in [-0.39, 0.29) is 26.1 Å². The molecule has 1 aromatic rings. The number of aliphatic carboxylic acids is 1. The Morgan fingerprint density at radius 1 is 1.50 bits per heavy atom. The molecule has 0 aliphatic heterocycles. The lowest BCUT2D eigenvalue weighted by Gasteiger charge is -2.10. The van der Waals surface area contributed by atoms with E-state index in [4.69, 9.17) is 19.5 Å². The van der Waals surface area contributed by atoms with Crippen molar-refractivity contribution in [1.82, 2.24) is 5.48 Å². The van der Waals surface area contributed by atoms with Crippen molar-refractivity contribution in [3.63, 3.8) is 0 Å². The minimum Gasteiger partial charge on any atom is -0.481 e. The van der Waals surface area contributed by atoms with E-state index in [1.807, 2.05) is 0 Å². The van der Waals surface area contributed by atoms with E-state index in [1.165, 1.54) is 0 Å². The Bertz CT molecular complexity index is 389. The molecule has 100 valence electrons. The maximum absolute atomic E-state index is 10.6. The van der Waals surface area contributed by atoms with E-state index in [2.05, 4.69) is 5.48 Å². The lowest BCUT2D eigenvalue weighted by Crippen LogP contribution is -2.31. The molecule has 0 unspecified atom stereocenters. The van der Waals surface area contributed by atoms with E-state index in [1.54, 1.807) is 12.1 Å². The molecule has 0 aromatic carbocycles. The van der Waals surface area contributed by atoms with Crippen LogP contribution in [0.3, 0.4) is 0 Å². The van der Waals surface area contributed by atoms with E-state index in [0.29, 0.717) is 17.8 Å². The molecule has 0 spiro atoms. The molecule has 3 N–H and O–H groups in total. The third-order valence-corrected chi connectivity index (χ3v) is 2.16. The molecular formula is C11H15NO6. The van der Waals surface area contributed by atoms with Crippen LogP contribution >= 0.6 is 0 Å². The van der Waals surface area contributed by atoms with Gasteiger partial charge in [0.2, 0.25) is 0 Å². The van der Waals surface area contributed by atoms with Gasteiger partial charge in [-0.25, -0.2) is 0 Å². The van der Waals surface area contributed by atoms with Crippen molar-refractivity contribution >= 4 is 12.3 Å². The summed E-state index contributed by atoms with van der Waals surface area (Å²) in [5.74, 6) is -0.0527. The summed E-state index contributed by atoms with van der Waals surface area (Å²) in [4.78, 5) is 26.0. The standard InChI is InChI=1S/C11H15NO6/c13-5-8(1-4-11(15)16)12-17-7-10-3-2-9(6-14)18-10/h2-3,5,8,12,14H,1,4,6-7H2,(H,15,16)/t8-/m1/s1. The topological polar surface area (TPSA) is 109 Å². The smallest absolute Gasteiger partial charge is 0.303 e. The van der Waals surface area contributed by atoms with Gasteiger partial charge < -0.3 is 19.4 Å². The molecule has 1 rings (SSSR count). The number of carboxylic acid groups (broad SMARTS) is 1. The van der Waals surface area contributed by atoms with Gasteiger partial charge in [0.25, 0.3) is 0 Å². The zero-order chi connectivity index (χ0) is 13.4. The first kappa shape index (κ1) is 14.4. The average Bonchev–Trinajstić information content (AvgIpc) is 2.81. The van der Waals surface area contributed by atoms with Gasteiger partial charge in [0.15, 0.2) is 0 Å². The number of aliphatic hydroxyl groups excluding tert-OH is 1. The molecular weight excluding hydrogens is 242 g/mol. The number of rotatable bonds is 9. The Morgan fingerprint density at radius 3 is 2.78 bits per heavy atom. The van der Waals surface area contributed by atoms with Crippen LogP contribution in [-0.2, 0) is 27.6 Å². The predicted octanol–water partition coefficient (Wildman–Crippen LogP) is 0.225. The molecule has 7 nitrogen and oxygen atoms in total. The highest BCUT2D eigenvalue weighted by atomic mass is 16.6. The molecule has 18 heavy (non-hydrogen) atoms. The second-order valence-electron chi connectivity index (χ2n) is 3.61. The minimum atomic E-state index is -0.970. The summed E-state index contributed by atoms with van der Waals surface area (Å²) in [5, 5.41) is 17.2. The fourth-order valence-corrected chi connectivity index (χ4v) is 1.24. The van der Waals surface area contributed by atoms with Gasteiger partial charge in [-0.2, -0.15) is 5.48 Å². The van der Waals surface area contributed by atoms with Crippen LogP contribution in [0, 0.1) is 0 Å². The molecule has 0 amide bonds. The quantitative estimate of drug-likeness (QED) is 0.429. The molecule has 7 heteroatoms. The second-order valence-corrected chi connectivity index (χ2v) is 3.61. The molecule has 1 aromatic heterocycles. The van der Waals surface area contributed by atoms with Gasteiger partial charge in [-0.1, -0.05) is 0 Å². The van der Waals surface area contributed by atoms with Crippen molar-refractivity contribution in [3.8, 4) is 0 Å². The Labute approximate surface area is 103 Å². The van der Waals surface area contributed by atoms with Gasteiger partial charge in [-0.3, -0.25) is 9.63 Å². The highest BCUT2D eigenvalue weighted by Crippen LogP contribution is 2.08. The van der Waals surface area contributed by atoms with Gasteiger partial charge in [0.05, 0.1) is 6.04 Å². The van der Waals surface area contributed by atoms with E-state index < -0.39 is 12.0 Å². The molecule has 0 saturated heterocycles. The SMILES string of the molecule is O=C[C@@H](CCC(=O)O)NOCc1ccc(CO)o1. The number of nitrogens with one attached hydrogen (secondary N) is 1. The van der Waals surface area contributed by atoms with Crippen LogP contribution < -0.4 is 5.48 Å². The Kier molecular flexibility index (Phi) is 6.06. The highest BCUT2D eigenvalue weighted by molar-refractivity contribution is 5.68. The molecule has 0 aliphatic carbocycles. The first-order valence-corrected chi connectivity index (χ1v) is 5.38. The van der Waals surface area contributed by atoms with E-state index in [0.717, 1.165) is 0 Å². The normalized spacial score (nSPS) is 12.3. The highest BCUT2D eigenvalue weighted by Gasteiger charge is 2.10. The molecule has 1 atom stereocenters. The van der Waals surface area contributed by atoms with Crippen molar-refractivity contribution in [3.05, 3.63) is 23.7 Å². The average molecular weight is 257 g/mol. The van der Waals surface area contributed by atoms with Gasteiger partial charge in [-0.05, 0) is 18.6 Å². The largest absolute Gasteiger partial charge is 0.481 e. The third kappa shape index (κ3) is 5.09. The summed E-state index contributed by atoms with van der Waals surface area (Å²) >= 11 is 0. The first-order chi connectivity index (χ1) is 8.65. The van der Waals surface area contributed by atoms with Crippen LogP contribution in [-0.4, -0.2) is 28.5 Å². The predicted molar refractivity (Wildman–Crippen MR) is 59.3 cm³/mol. The van der Waals surface area contributed by atoms with Gasteiger partial charge in [-0.15, -0.1) is 0 Å². The summed E-state index contributed by atoms with van der Waals surface area (Å²) < 4.78 is 5.15. The lowest BCUT2D eigenvalue weighted by molar-refractivity contribution is -0.137. The van der Waals surface area contributed by atoms with Crippen molar-refractivity contribution in [2.24, 2.45) is 0 Å². The first-order valence-electron chi connectivity index (χ1n) is 5.38. The molecule has 0 bridgehead atoms. The Hall–Kier alpha value is -1.70. The molecule has 0 saturated carbocycles. The Balaban J connectivity index is 2.26. The monoisotopic (exact) mass is 257 g/mol. The van der Waals surface area contributed by atoms with Gasteiger partial charge in [0.1, 0.15) is 31.0 Å². The maximum atomic E-state index is 10.6. The van der Waals surface area contributed by atoms with Crippen LogP contribution in [0.4, 0.5) is 0 Å². The van der Waals surface area contributed by atoms with Crippen molar-refractivity contribution in [1.29, 1.82) is 0 Å². The van der Waals surface area contributed by atoms with Gasteiger partial charge >= 0.3 is 5.97 Å². The summed E-state index contributed by atoms with van der Waals surface area (Å²) in [7, 11) is 0. The van der Waals surface area contributed by atoms with Crippen LogP contribution in [0.25, 0.3) is 0 Å². The van der Waals surface area contributed by atoms with Crippen molar-refractivity contribution in [2.75, 3.05) is 0 Å². The molecule has 1 heterocycles. The number of aldehydes is 1. The van der Waals surface area contributed by atoms with Crippen molar-refractivity contribution < 1.29 is 29.1 Å². The van der Waals surface area contributed by atoms with Gasteiger partial charge in [0, 0.05) is 6.42 Å². The minimum absolute atomic E-state index is 0.0808. The third-order valence-electron chi connectivity index (χ3n) is 2.16. The summed E-state index contributed by atoms with van der Waals surface area (Å²) in [6, 6.07) is 2.58. The number of hydrogen-bond donors (Lipinski definition) is 3. The molecule has 0 fully saturated rings. The maximum Gasteiger partial charge on any atom is 0.303 e. The number of carboxylic acids is 1. The summed E-state index contributed by atoms with van der Waals surface area (Å²) in [5.41, 5.74) is 2.45. The number of aliphatic hydroxyl groups is 1. The van der Waals surface area contributed by atoms with Crippen LogP contribution in [0.5, 0.6) is 0 Å². The van der Waals surface area contributed by atoms with Crippen LogP contribution in [0.2, 0.25) is 0 Å². The number of hydroxylamine groups is 1. The fraction of sp³-hybridized carbons (Fsp3) is 0.455. The molecule has 0 aliphatic rings. The fourth-order valence-electron chi connectivity index (χ4n) is 1.24. The van der Waals surface area contributed by atoms with Crippen LogP contribution in [0.15, 0.2) is 16.5 Å². The zero-order valence-electron chi connectivity index (χ0n) is 9.67. The number of furan rings is 1. The zero-order valence-corrected chi connectivity index (χ0v) is 9.67. The summed E-state index contributed by atoms with van der Waals surface area (Å²) in [6.07, 6.45) is 0.623. The lowest BCUT2D eigenvalue weighted by atomic mass is 10.2. The number of carbonyl (C=O) groups is 2. The molecule has 0 radical (unpaired) electrons. The van der Waals surface area contributed by atoms with E-state index >= 15 is 0 Å². The number of hydrogen-bond acceptors (Lipinski definition) is 6.